The molecule has 3 heteroatoms. The van der Waals surface area contributed by atoms with Gasteiger partial charge in [0.15, 0.2) is 0 Å². The summed E-state index contributed by atoms with van der Waals surface area (Å²) in [6.07, 6.45) is 6.09. The first kappa shape index (κ1) is 10.6. The molecule has 1 aromatic rings. The van der Waals surface area contributed by atoms with E-state index in [2.05, 4.69) is 23.3 Å². The number of hydrogen-bond donors (Lipinski definition) is 1. The van der Waals surface area contributed by atoms with Crippen LogP contribution in [0.2, 0.25) is 0 Å². The molecule has 15 heavy (non-hydrogen) atoms. The van der Waals surface area contributed by atoms with Crippen molar-refractivity contribution in [2.45, 2.75) is 31.9 Å². The highest BCUT2D eigenvalue weighted by atomic mass is 16.5. The van der Waals surface area contributed by atoms with Gasteiger partial charge in [-0.2, -0.15) is 0 Å². The zero-order valence-electron chi connectivity index (χ0n) is 9.15. The number of nitrogens with one attached hydrogen (secondary N) is 1. The van der Waals surface area contributed by atoms with Gasteiger partial charge >= 0.3 is 0 Å². The van der Waals surface area contributed by atoms with Crippen molar-refractivity contribution in [3.05, 3.63) is 30.1 Å². The first-order chi connectivity index (χ1) is 7.40. The average molecular weight is 206 g/mol. The van der Waals surface area contributed by atoms with Crippen molar-refractivity contribution in [1.29, 1.82) is 0 Å². The van der Waals surface area contributed by atoms with Crippen LogP contribution in [0.5, 0.6) is 0 Å². The zero-order valence-corrected chi connectivity index (χ0v) is 9.15. The summed E-state index contributed by atoms with van der Waals surface area (Å²) in [7, 11) is 0. The Kier molecular flexibility index (Phi) is 3.69. The summed E-state index contributed by atoms with van der Waals surface area (Å²) in [6.45, 7) is 4.02. The normalized spacial score (nSPS) is 26.5. The minimum absolute atomic E-state index is 0.219. The summed E-state index contributed by atoms with van der Waals surface area (Å²) in [5.41, 5.74) is 1.19. The van der Waals surface area contributed by atoms with Gasteiger partial charge in [-0.1, -0.05) is 13.0 Å². The van der Waals surface area contributed by atoms with Crippen molar-refractivity contribution in [3.8, 4) is 0 Å². The van der Waals surface area contributed by atoms with E-state index in [4.69, 9.17) is 4.74 Å². The zero-order chi connectivity index (χ0) is 10.5. The van der Waals surface area contributed by atoms with E-state index in [9.17, 15) is 0 Å². The predicted molar refractivity (Wildman–Crippen MR) is 59.6 cm³/mol. The third-order valence-corrected chi connectivity index (χ3v) is 2.83. The molecule has 0 amide bonds. The van der Waals surface area contributed by atoms with Crippen LogP contribution in [0.25, 0.3) is 0 Å². The van der Waals surface area contributed by atoms with Crippen molar-refractivity contribution in [2.24, 2.45) is 0 Å². The number of ether oxygens (including phenoxy) is 1. The Morgan fingerprint density at radius 2 is 2.53 bits per heavy atom. The molecule has 0 radical (unpaired) electrons. The average Bonchev–Trinajstić information content (AvgIpc) is 2.31. The lowest BCUT2D eigenvalue weighted by Gasteiger charge is -2.30. The monoisotopic (exact) mass is 206 g/mol. The molecule has 3 nitrogen and oxygen atoms in total. The van der Waals surface area contributed by atoms with Crippen LogP contribution in [0.3, 0.4) is 0 Å². The molecule has 1 aliphatic heterocycles. The Morgan fingerprint density at radius 1 is 1.60 bits per heavy atom. The van der Waals surface area contributed by atoms with Crippen LogP contribution < -0.4 is 5.32 Å². The Bertz CT molecular complexity index is 287. The van der Waals surface area contributed by atoms with Crippen molar-refractivity contribution < 1.29 is 4.74 Å². The maximum Gasteiger partial charge on any atom is 0.0854 e. The molecule has 1 fully saturated rings. The maximum absolute atomic E-state index is 5.76. The molecule has 82 valence electrons. The highest BCUT2D eigenvalue weighted by Gasteiger charge is 2.22. The molecule has 0 saturated carbocycles. The highest BCUT2D eigenvalue weighted by molar-refractivity contribution is 5.13. The fraction of sp³-hybridized carbons (Fsp3) is 0.583. The van der Waals surface area contributed by atoms with Crippen LogP contribution in [-0.4, -0.2) is 24.2 Å². The number of nitrogens with zero attached hydrogens (tertiary/aromatic N) is 1. The van der Waals surface area contributed by atoms with Crippen LogP contribution >= 0.6 is 0 Å². The van der Waals surface area contributed by atoms with Crippen LogP contribution in [-0.2, 0) is 4.74 Å². The van der Waals surface area contributed by atoms with E-state index in [1.165, 1.54) is 5.56 Å². The lowest BCUT2D eigenvalue weighted by atomic mass is 9.99. The van der Waals surface area contributed by atoms with Gasteiger partial charge in [0.1, 0.15) is 0 Å². The quantitative estimate of drug-likeness (QED) is 0.820. The minimum atomic E-state index is 0.219. The Hall–Kier alpha value is -0.930. The van der Waals surface area contributed by atoms with Crippen molar-refractivity contribution in [1.82, 2.24) is 10.3 Å². The first-order valence-electron chi connectivity index (χ1n) is 5.65. The van der Waals surface area contributed by atoms with Crippen LogP contribution in [0.15, 0.2) is 24.5 Å². The van der Waals surface area contributed by atoms with E-state index < -0.39 is 0 Å². The molecular weight excluding hydrogens is 188 g/mol. The van der Waals surface area contributed by atoms with E-state index in [1.807, 2.05) is 12.3 Å². The largest absolute Gasteiger partial charge is 0.373 e. The predicted octanol–water partition coefficient (Wildman–Crippen LogP) is 1.91. The summed E-state index contributed by atoms with van der Waals surface area (Å²) in [5.74, 6) is 0. The summed E-state index contributed by atoms with van der Waals surface area (Å²) < 4.78 is 5.76. The van der Waals surface area contributed by atoms with Gasteiger partial charge in [0.25, 0.3) is 0 Å². The summed E-state index contributed by atoms with van der Waals surface area (Å²) >= 11 is 0. The smallest absolute Gasteiger partial charge is 0.0854 e. The second-order valence-corrected chi connectivity index (χ2v) is 3.92. The van der Waals surface area contributed by atoms with Gasteiger partial charge in [-0.3, -0.25) is 4.98 Å². The lowest BCUT2D eigenvalue weighted by molar-refractivity contribution is 0.000411. The summed E-state index contributed by atoms with van der Waals surface area (Å²) in [4.78, 5) is 4.13. The first-order valence-corrected chi connectivity index (χ1v) is 5.65. The minimum Gasteiger partial charge on any atom is -0.373 e. The van der Waals surface area contributed by atoms with E-state index in [1.54, 1.807) is 6.20 Å². The Morgan fingerprint density at radius 3 is 3.27 bits per heavy atom. The van der Waals surface area contributed by atoms with Crippen molar-refractivity contribution in [3.63, 3.8) is 0 Å². The topological polar surface area (TPSA) is 34.1 Å². The molecule has 2 atom stereocenters. The van der Waals surface area contributed by atoms with Gasteiger partial charge in [-0.25, -0.2) is 0 Å². The molecule has 1 aliphatic rings. The summed E-state index contributed by atoms with van der Waals surface area (Å²) in [5, 5.41) is 3.48. The molecule has 2 heterocycles. The van der Waals surface area contributed by atoms with Gasteiger partial charge in [0.05, 0.1) is 6.10 Å². The maximum atomic E-state index is 5.76. The highest BCUT2D eigenvalue weighted by Crippen LogP contribution is 2.27. The molecule has 2 unspecified atom stereocenters. The van der Waals surface area contributed by atoms with Crippen LogP contribution in [0, 0.1) is 0 Å². The summed E-state index contributed by atoms with van der Waals surface area (Å²) in [6, 6.07) is 4.65. The van der Waals surface area contributed by atoms with Gasteiger partial charge in [0.2, 0.25) is 0 Å². The third-order valence-electron chi connectivity index (χ3n) is 2.83. The third kappa shape index (κ3) is 2.76. The van der Waals surface area contributed by atoms with E-state index in [0.717, 1.165) is 26.0 Å². The number of hydrogen-bond acceptors (Lipinski definition) is 3. The molecular formula is C12H18N2O. The Balaban J connectivity index is 1.98. The van der Waals surface area contributed by atoms with E-state index in [-0.39, 0.29) is 6.10 Å². The van der Waals surface area contributed by atoms with Crippen molar-refractivity contribution in [2.75, 3.05) is 13.2 Å². The lowest BCUT2D eigenvalue weighted by Crippen LogP contribution is -2.35. The van der Waals surface area contributed by atoms with Gasteiger partial charge in [-0.05, 0) is 31.0 Å². The van der Waals surface area contributed by atoms with Gasteiger partial charge in [0, 0.05) is 25.0 Å². The molecule has 0 aromatic carbocycles. The fourth-order valence-electron chi connectivity index (χ4n) is 2.07. The Labute approximate surface area is 90.9 Å². The molecule has 1 N–H and O–H groups in total. The van der Waals surface area contributed by atoms with E-state index >= 15 is 0 Å². The second kappa shape index (κ2) is 5.24. The SMILES string of the molecule is CCNC1CCOC(c2cccnc2)C1. The molecule has 1 saturated heterocycles. The molecule has 0 spiro atoms. The van der Waals surface area contributed by atoms with Crippen LogP contribution in [0.4, 0.5) is 0 Å². The van der Waals surface area contributed by atoms with Gasteiger partial charge < -0.3 is 10.1 Å². The fourth-order valence-corrected chi connectivity index (χ4v) is 2.07. The number of aromatic nitrogens is 1. The second-order valence-electron chi connectivity index (χ2n) is 3.92. The van der Waals surface area contributed by atoms with Crippen molar-refractivity contribution >= 4 is 0 Å². The van der Waals surface area contributed by atoms with Crippen LogP contribution in [0.1, 0.15) is 31.4 Å². The molecule has 1 aromatic heterocycles. The van der Waals surface area contributed by atoms with Gasteiger partial charge in [-0.15, -0.1) is 0 Å². The standard InChI is InChI=1S/C12H18N2O/c1-2-14-11-5-7-15-12(8-11)10-4-3-6-13-9-10/h3-4,6,9,11-12,14H,2,5,7-8H2,1H3. The molecule has 0 aliphatic carbocycles. The number of pyridine rings is 1. The number of rotatable bonds is 3. The molecule has 0 bridgehead atoms. The van der Waals surface area contributed by atoms with E-state index in [0.29, 0.717) is 6.04 Å². The molecule has 2 rings (SSSR count).